The van der Waals surface area contributed by atoms with Gasteiger partial charge in [-0.15, -0.1) is 6.58 Å². The van der Waals surface area contributed by atoms with Crippen molar-refractivity contribution >= 4 is 16.8 Å². The van der Waals surface area contributed by atoms with Gasteiger partial charge in [0.15, 0.2) is 0 Å². The fourth-order valence-corrected chi connectivity index (χ4v) is 1.92. The summed E-state index contributed by atoms with van der Waals surface area (Å²) in [6, 6.07) is 7.76. The van der Waals surface area contributed by atoms with Gasteiger partial charge >= 0.3 is 0 Å². The summed E-state index contributed by atoms with van der Waals surface area (Å²) >= 11 is 0. The average Bonchev–Trinajstić information content (AvgIpc) is 2.35. The van der Waals surface area contributed by atoms with Gasteiger partial charge in [-0.05, 0) is 32.0 Å². The zero-order valence-electron chi connectivity index (χ0n) is 10.7. The molecule has 3 nitrogen and oxygen atoms in total. The quantitative estimate of drug-likeness (QED) is 0.838. The van der Waals surface area contributed by atoms with Crippen LogP contribution in [0.25, 0.3) is 10.9 Å². The van der Waals surface area contributed by atoms with E-state index in [1.54, 1.807) is 6.08 Å². The van der Waals surface area contributed by atoms with E-state index in [4.69, 9.17) is 0 Å². The third-order valence-corrected chi connectivity index (χ3v) is 2.74. The van der Waals surface area contributed by atoms with Gasteiger partial charge in [-0.3, -0.25) is 9.78 Å². The van der Waals surface area contributed by atoms with Gasteiger partial charge in [-0.1, -0.05) is 17.7 Å². The Morgan fingerprint density at radius 3 is 2.89 bits per heavy atom. The minimum absolute atomic E-state index is 0.0870. The molecule has 0 radical (unpaired) electrons. The second-order valence-electron chi connectivity index (χ2n) is 4.33. The Labute approximate surface area is 107 Å². The molecule has 1 amide bonds. The summed E-state index contributed by atoms with van der Waals surface area (Å²) in [6.07, 6.45) is 1.67. The normalized spacial score (nSPS) is 10.3. The summed E-state index contributed by atoms with van der Waals surface area (Å²) in [6.45, 7) is 7.96. The number of hydrogen-bond donors (Lipinski definition) is 1. The topological polar surface area (TPSA) is 42.0 Å². The van der Waals surface area contributed by atoms with Gasteiger partial charge in [0.2, 0.25) is 0 Å². The molecular formula is C15H16N2O. The molecule has 92 valence electrons. The Bertz CT molecular complexity index is 617. The highest BCUT2D eigenvalue weighted by molar-refractivity contribution is 6.06. The molecule has 0 aliphatic rings. The zero-order chi connectivity index (χ0) is 13.1. The van der Waals surface area contributed by atoms with E-state index in [-0.39, 0.29) is 5.91 Å². The van der Waals surface area contributed by atoms with Crippen LogP contribution in [0.5, 0.6) is 0 Å². The number of pyridine rings is 1. The standard InChI is InChI=1S/C15H16N2O/c1-4-7-16-15(18)13-9-11(3)17-14-6-5-10(2)8-12(13)14/h4-6,8-9H,1,7H2,2-3H3,(H,16,18). The average molecular weight is 240 g/mol. The van der Waals surface area contributed by atoms with Crippen LogP contribution in [-0.2, 0) is 0 Å². The molecule has 0 saturated carbocycles. The third kappa shape index (κ3) is 2.40. The maximum atomic E-state index is 12.1. The molecule has 0 aliphatic carbocycles. The molecule has 1 heterocycles. The molecule has 2 rings (SSSR count). The predicted molar refractivity (Wildman–Crippen MR) is 73.7 cm³/mol. The number of nitrogens with one attached hydrogen (secondary N) is 1. The van der Waals surface area contributed by atoms with E-state index >= 15 is 0 Å². The Morgan fingerprint density at radius 1 is 1.39 bits per heavy atom. The largest absolute Gasteiger partial charge is 0.349 e. The molecule has 1 aromatic carbocycles. The SMILES string of the molecule is C=CCNC(=O)c1cc(C)nc2ccc(C)cc12. The Morgan fingerprint density at radius 2 is 2.17 bits per heavy atom. The van der Waals surface area contributed by atoms with Crippen molar-refractivity contribution in [1.82, 2.24) is 10.3 Å². The van der Waals surface area contributed by atoms with Gasteiger partial charge in [0.1, 0.15) is 0 Å². The van der Waals surface area contributed by atoms with E-state index in [0.29, 0.717) is 12.1 Å². The van der Waals surface area contributed by atoms with Crippen LogP contribution in [0.3, 0.4) is 0 Å². The molecule has 0 atom stereocenters. The van der Waals surface area contributed by atoms with Crippen LogP contribution < -0.4 is 5.32 Å². The number of amides is 1. The molecule has 0 aliphatic heterocycles. The first kappa shape index (κ1) is 12.3. The Balaban J connectivity index is 2.57. The molecule has 3 heteroatoms. The first-order valence-electron chi connectivity index (χ1n) is 5.89. The second kappa shape index (κ2) is 5.00. The molecule has 0 unspecified atom stereocenters. The molecule has 1 N–H and O–H groups in total. The lowest BCUT2D eigenvalue weighted by molar-refractivity contribution is 0.0959. The van der Waals surface area contributed by atoms with Gasteiger partial charge in [-0.25, -0.2) is 0 Å². The lowest BCUT2D eigenvalue weighted by Crippen LogP contribution is -2.23. The minimum atomic E-state index is -0.0870. The van der Waals surface area contributed by atoms with E-state index < -0.39 is 0 Å². The van der Waals surface area contributed by atoms with Crippen molar-refractivity contribution in [2.45, 2.75) is 13.8 Å². The van der Waals surface area contributed by atoms with Crippen LogP contribution in [0, 0.1) is 13.8 Å². The monoisotopic (exact) mass is 240 g/mol. The molecule has 2 aromatic rings. The molecule has 0 saturated heterocycles. The van der Waals surface area contributed by atoms with Crippen LogP contribution in [0.1, 0.15) is 21.6 Å². The third-order valence-electron chi connectivity index (χ3n) is 2.74. The molecule has 18 heavy (non-hydrogen) atoms. The number of carbonyl (C=O) groups excluding carboxylic acids is 1. The van der Waals surface area contributed by atoms with E-state index in [2.05, 4.69) is 16.9 Å². The fraction of sp³-hybridized carbons (Fsp3) is 0.200. The lowest BCUT2D eigenvalue weighted by Gasteiger charge is -2.08. The summed E-state index contributed by atoms with van der Waals surface area (Å²) in [5, 5.41) is 3.69. The zero-order valence-corrected chi connectivity index (χ0v) is 10.7. The van der Waals surface area contributed by atoms with Crippen molar-refractivity contribution in [1.29, 1.82) is 0 Å². The van der Waals surface area contributed by atoms with E-state index in [9.17, 15) is 4.79 Å². The molecule has 0 fully saturated rings. The number of carbonyl (C=O) groups is 1. The van der Waals surface area contributed by atoms with Crippen LogP contribution >= 0.6 is 0 Å². The molecular weight excluding hydrogens is 224 g/mol. The minimum Gasteiger partial charge on any atom is -0.349 e. The summed E-state index contributed by atoms with van der Waals surface area (Å²) in [5.41, 5.74) is 3.48. The number of rotatable bonds is 3. The molecule has 0 bridgehead atoms. The molecule has 0 spiro atoms. The second-order valence-corrected chi connectivity index (χ2v) is 4.33. The van der Waals surface area contributed by atoms with Gasteiger partial charge < -0.3 is 5.32 Å². The van der Waals surface area contributed by atoms with Crippen molar-refractivity contribution in [3.63, 3.8) is 0 Å². The van der Waals surface area contributed by atoms with Gasteiger partial charge in [-0.2, -0.15) is 0 Å². The summed E-state index contributed by atoms with van der Waals surface area (Å²) < 4.78 is 0. The first-order chi connectivity index (χ1) is 8.61. The number of nitrogens with zero attached hydrogens (tertiary/aromatic N) is 1. The summed E-state index contributed by atoms with van der Waals surface area (Å²) in [4.78, 5) is 16.5. The van der Waals surface area contributed by atoms with Crippen molar-refractivity contribution in [3.8, 4) is 0 Å². The maximum absolute atomic E-state index is 12.1. The number of aryl methyl sites for hydroxylation is 2. The maximum Gasteiger partial charge on any atom is 0.252 e. The van der Waals surface area contributed by atoms with E-state index in [1.807, 2.05) is 38.1 Å². The van der Waals surface area contributed by atoms with Crippen molar-refractivity contribution in [2.24, 2.45) is 0 Å². The van der Waals surface area contributed by atoms with Crippen LogP contribution in [0.2, 0.25) is 0 Å². The van der Waals surface area contributed by atoms with Crippen LogP contribution in [-0.4, -0.2) is 17.4 Å². The number of benzene rings is 1. The predicted octanol–water partition coefficient (Wildman–Crippen LogP) is 2.77. The first-order valence-corrected chi connectivity index (χ1v) is 5.89. The van der Waals surface area contributed by atoms with Gasteiger partial charge in [0.25, 0.3) is 5.91 Å². The van der Waals surface area contributed by atoms with Crippen molar-refractivity contribution < 1.29 is 4.79 Å². The van der Waals surface area contributed by atoms with Crippen molar-refractivity contribution in [3.05, 3.63) is 53.7 Å². The summed E-state index contributed by atoms with van der Waals surface area (Å²) in [5.74, 6) is -0.0870. The highest BCUT2D eigenvalue weighted by Crippen LogP contribution is 2.19. The highest BCUT2D eigenvalue weighted by atomic mass is 16.1. The molecule has 1 aromatic heterocycles. The van der Waals surface area contributed by atoms with Gasteiger partial charge in [0.05, 0.1) is 11.1 Å². The number of hydrogen-bond acceptors (Lipinski definition) is 2. The van der Waals surface area contributed by atoms with Crippen LogP contribution in [0.15, 0.2) is 36.9 Å². The van der Waals surface area contributed by atoms with E-state index in [1.165, 1.54) is 0 Å². The van der Waals surface area contributed by atoms with E-state index in [0.717, 1.165) is 22.2 Å². The van der Waals surface area contributed by atoms with Crippen LogP contribution in [0.4, 0.5) is 0 Å². The van der Waals surface area contributed by atoms with Gasteiger partial charge in [0, 0.05) is 17.6 Å². The number of aromatic nitrogens is 1. The smallest absolute Gasteiger partial charge is 0.252 e. The fourth-order valence-electron chi connectivity index (χ4n) is 1.92. The Hall–Kier alpha value is -2.16. The summed E-state index contributed by atoms with van der Waals surface area (Å²) in [7, 11) is 0. The Kier molecular flexibility index (Phi) is 3.42. The number of fused-ring (bicyclic) bond motifs is 1. The lowest BCUT2D eigenvalue weighted by atomic mass is 10.0. The van der Waals surface area contributed by atoms with Crippen molar-refractivity contribution in [2.75, 3.05) is 6.54 Å². The highest BCUT2D eigenvalue weighted by Gasteiger charge is 2.11.